The first kappa shape index (κ1) is 13.2. The zero-order chi connectivity index (χ0) is 13.0. The van der Waals surface area contributed by atoms with E-state index in [4.69, 9.17) is 5.11 Å². The van der Waals surface area contributed by atoms with Crippen molar-refractivity contribution in [2.45, 2.75) is 26.8 Å². The number of Topliss-reactive ketones (excluding diaryl/α,β-unsaturated/α-hetero) is 1. The van der Waals surface area contributed by atoms with Gasteiger partial charge in [0.05, 0.1) is 0 Å². The van der Waals surface area contributed by atoms with E-state index in [9.17, 15) is 9.59 Å². The molecule has 0 aliphatic heterocycles. The van der Waals surface area contributed by atoms with Gasteiger partial charge >= 0.3 is 5.97 Å². The molecular formula is C12H16N2O3. The molecule has 0 aliphatic carbocycles. The van der Waals surface area contributed by atoms with Gasteiger partial charge in [0.2, 0.25) is 0 Å². The molecule has 1 aromatic heterocycles. The Morgan fingerprint density at radius 3 is 2.35 bits per heavy atom. The van der Waals surface area contributed by atoms with Gasteiger partial charge in [0, 0.05) is 11.8 Å². The lowest BCUT2D eigenvalue weighted by atomic mass is 10.0. The number of carboxylic acids is 1. The number of hydrogen-bond acceptors (Lipinski definition) is 4. The summed E-state index contributed by atoms with van der Waals surface area (Å²) in [6.45, 7) is 5.09. The minimum Gasteiger partial charge on any atom is -0.480 e. The maximum atomic E-state index is 11.0. The number of aliphatic carboxylic acids is 1. The molecule has 92 valence electrons. The van der Waals surface area contributed by atoms with Gasteiger partial charge in [-0.3, -0.25) is 4.79 Å². The lowest BCUT2D eigenvalue weighted by Crippen LogP contribution is -2.34. The maximum Gasteiger partial charge on any atom is 0.326 e. The van der Waals surface area contributed by atoms with Gasteiger partial charge < -0.3 is 10.4 Å². The zero-order valence-electron chi connectivity index (χ0n) is 10.1. The molecule has 5 nitrogen and oxygen atoms in total. The molecule has 0 spiro atoms. The van der Waals surface area contributed by atoms with Crippen LogP contribution in [0.2, 0.25) is 0 Å². The highest BCUT2D eigenvalue weighted by Gasteiger charge is 2.21. The monoisotopic (exact) mass is 236 g/mol. The van der Waals surface area contributed by atoms with Crippen LogP contribution in [0, 0.1) is 5.92 Å². The molecular weight excluding hydrogens is 220 g/mol. The third-order valence-corrected chi connectivity index (χ3v) is 2.41. The molecule has 0 radical (unpaired) electrons. The average molecular weight is 236 g/mol. The summed E-state index contributed by atoms with van der Waals surface area (Å²) >= 11 is 0. The third-order valence-electron chi connectivity index (χ3n) is 2.41. The SMILES string of the molecule is CC(=O)c1ccc(N[C@@H](C(=O)O)C(C)C)nc1. The Balaban J connectivity index is 2.80. The summed E-state index contributed by atoms with van der Waals surface area (Å²) in [5.41, 5.74) is 0.506. The van der Waals surface area contributed by atoms with E-state index in [1.165, 1.54) is 13.1 Å². The van der Waals surface area contributed by atoms with E-state index in [1.807, 2.05) is 13.8 Å². The summed E-state index contributed by atoms with van der Waals surface area (Å²) in [6, 6.07) is 2.54. The average Bonchev–Trinajstić information content (AvgIpc) is 2.25. The summed E-state index contributed by atoms with van der Waals surface area (Å²) in [4.78, 5) is 26.0. The number of hydrogen-bond donors (Lipinski definition) is 2. The van der Waals surface area contributed by atoms with E-state index in [-0.39, 0.29) is 11.7 Å². The van der Waals surface area contributed by atoms with Gasteiger partial charge in [0.25, 0.3) is 0 Å². The molecule has 1 aromatic rings. The molecule has 0 aliphatic rings. The Hall–Kier alpha value is -1.91. The van der Waals surface area contributed by atoms with Crippen LogP contribution in [-0.4, -0.2) is 27.9 Å². The molecule has 17 heavy (non-hydrogen) atoms. The van der Waals surface area contributed by atoms with Crippen molar-refractivity contribution in [2.24, 2.45) is 5.92 Å². The van der Waals surface area contributed by atoms with Crippen molar-refractivity contribution >= 4 is 17.6 Å². The Morgan fingerprint density at radius 2 is 2.00 bits per heavy atom. The van der Waals surface area contributed by atoms with Crippen LogP contribution in [0.4, 0.5) is 5.82 Å². The fraction of sp³-hybridized carbons (Fsp3) is 0.417. The molecule has 0 fully saturated rings. The summed E-state index contributed by atoms with van der Waals surface area (Å²) in [7, 11) is 0. The van der Waals surface area contributed by atoms with Gasteiger partial charge in [-0.05, 0) is 25.0 Å². The van der Waals surface area contributed by atoms with E-state index in [0.717, 1.165) is 0 Å². The molecule has 0 unspecified atom stereocenters. The summed E-state index contributed by atoms with van der Waals surface area (Å²) in [5.74, 6) is -0.585. The molecule has 1 atom stereocenters. The Morgan fingerprint density at radius 1 is 1.35 bits per heavy atom. The first-order chi connectivity index (χ1) is 7.91. The van der Waals surface area contributed by atoms with Crippen LogP contribution in [0.1, 0.15) is 31.1 Å². The number of rotatable bonds is 5. The van der Waals surface area contributed by atoms with Crippen LogP contribution in [0.5, 0.6) is 0 Å². The van der Waals surface area contributed by atoms with Crippen LogP contribution >= 0.6 is 0 Å². The van der Waals surface area contributed by atoms with Crippen molar-refractivity contribution in [2.75, 3.05) is 5.32 Å². The quantitative estimate of drug-likeness (QED) is 0.762. The molecule has 0 amide bonds. The largest absolute Gasteiger partial charge is 0.480 e. The van der Waals surface area contributed by atoms with E-state index < -0.39 is 12.0 Å². The molecule has 5 heteroatoms. The first-order valence-electron chi connectivity index (χ1n) is 5.38. The van der Waals surface area contributed by atoms with Gasteiger partial charge in [0.1, 0.15) is 11.9 Å². The van der Waals surface area contributed by atoms with E-state index in [1.54, 1.807) is 12.1 Å². The lowest BCUT2D eigenvalue weighted by Gasteiger charge is -2.18. The number of anilines is 1. The van der Waals surface area contributed by atoms with Crippen molar-refractivity contribution in [1.82, 2.24) is 4.98 Å². The molecule has 0 bridgehead atoms. The Bertz CT molecular complexity index is 412. The van der Waals surface area contributed by atoms with E-state index >= 15 is 0 Å². The minimum atomic E-state index is -0.919. The summed E-state index contributed by atoms with van der Waals surface area (Å²) < 4.78 is 0. The lowest BCUT2D eigenvalue weighted by molar-refractivity contribution is -0.138. The van der Waals surface area contributed by atoms with Crippen LogP contribution in [0.15, 0.2) is 18.3 Å². The van der Waals surface area contributed by atoms with Gasteiger partial charge in [-0.15, -0.1) is 0 Å². The summed E-state index contributed by atoms with van der Waals surface area (Å²) in [5, 5.41) is 11.8. The van der Waals surface area contributed by atoms with Crippen molar-refractivity contribution in [3.63, 3.8) is 0 Å². The van der Waals surface area contributed by atoms with E-state index in [2.05, 4.69) is 10.3 Å². The van der Waals surface area contributed by atoms with Crippen molar-refractivity contribution in [3.05, 3.63) is 23.9 Å². The van der Waals surface area contributed by atoms with Crippen LogP contribution in [-0.2, 0) is 4.79 Å². The molecule has 2 N–H and O–H groups in total. The van der Waals surface area contributed by atoms with Gasteiger partial charge in [-0.1, -0.05) is 13.8 Å². The molecule has 0 saturated heterocycles. The second kappa shape index (κ2) is 5.43. The van der Waals surface area contributed by atoms with Crippen LogP contribution in [0.25, 0.3) is 0 Å². The second-order valence-electron chi connectivity index (χ2n) is 4.19. The molecule has 0 aromatic carbocycles. The predicted molar refractivity (Wildman–Crippen MR) is 64.1 cm³/mol. The third kappa shape index (κ3) is 3.55. The number of carboxylic acid groups (broad SMARTS) is 1. The Labute approximate surface area is 99.9 Å². The van der Waals surface area contributed by atoms with Gasteiger partial charge in [0.15, 0.2) is 5.78 Å². The van der Waals surface area contributed by atoms with E-state index in [0.29, 0.717) is 11.4 Å². The van der Waals surface area contributed by atoms with Gasteiger partial charge in [-0.2, -0.15) is 0 Å². The number of nitrogens with one attached hydrogen (secondary N) is 1. The highest BCUT2D eigenvalue weighted by atomic mass is 16.4. The molecule has 0 saturated carbocycles. The minimum absolute atomic E-state index is 0.0539. The number of carbonyl (C=O) groups is 2. The van der Waals surface area contributed by atoms with Crippen molar-refractivity contribution < 1.29 is 14.7 Å². The highest BCUT2D eigenvalue weighted by molar-refractivity contribution is 5.93. The molecule has 1 heterocycles. The summed E-state index contributed by atoms with van der Waals surface area (Å²) in [6.07, 6.45) is 1.43. The maximum absolute atomic E-state index is 11.0. The number of carbonyl (C=O) groups excluding carboxylic acids is 1. The first-order valence-corrected chi connectivity index (χ1v) is 5.38. The van der Waals surface area contributed by atoms with Gasteiger partial charge in [-0.25, -0.2) is 9.78 Å². The second-order valence-corrected chi connectivity index (χ2v) is 4.19. The highest BCUT2D eigenvalue weighted by Crippen LogP contribution is 2.11. The Kier molecular flexibility index (Phi) is 4.20. The van der Waals surface area contributed by atoms with Crippen LogP contribution in [0.3, 0.4) is 0 Å². The number of ketones is 1. The molecule has 1 rings (SSSR count). The number of pyridine rings is 1. The van der Waals surface area contributed by atoms with Crippen molar-refractivity contribution in [1.29, 1.82) is 0 Å². The fourth-order valence-corrected chi connectivity index (χ4v) is 1.36. The van der Waals surface area contributed by atoms with Crippen LogP contribution < -0.4 is 5.32 Å². The predicted octanol–water partition coefficient (Wildman–Crippen LogP) is 1.81. The number of nitrogens with zero attached hydrogens (tertiary/aromatic N) is 1. The van der Waals surface area contributed by atoms with Crippen molar-refractivity contribution in [3.8, 4) is 0 Å². The normalized spacial score (nSPS) is 12.2. The fourth-order valence-electron chi connectivity index (χ4n) is 1.36. The standard InChI is InChI=1S/C12H16N2O3/c1-7(2)11(12(16)17)14-10-5-4-9(6-13-10)8(3)15/h4-7,11H,1-3H3,(H,13,14)(H,16,17)/t11-/m1/s1. The topological polar surface area (TPSA) is 79.3 Å². The zero-order valence-corrected chi connectivity index (χ0v) is 10.1. The smallest absolute Gasteiger partial charge is 0.326 e. The number of aromatic nitrogens is 1.